The second-order valence-electron chi connectivity index (χ2n) is 20.1. The van der Waals surface area contributed by atoms with Gasteiger partial charge in [0.1, 0.15) is 22.0 Å². The van der Waals surface area contributed by atoms with Crippen molar-refractivity contribution in [2.45, 2.75) is 26.7 Å². The summed E-state index contributed by atoms with van der Waals surface area (Å²) in [6.45, 7) is 4.75. The number of benzene rings is 6. The van der Waals surface area contributed by atoms with Crippen LogP contribution in [0, 0.1) is 13.8 Å². The number of nitrogens with zero attached hydrogens (tertiary/aromatic N) is 6. The molecule has 0 bridgehead atoms. The SMILES string of the molecule is Cc1ccc(C(=O)Cl)c(Cl)n1.Cc1ccc(C(=O)Nc2ccc(C(=O)N3CCc4cc(-c5nc6ccccc6[nH]5)sc4-c4ccccc43)cc2)c(Cl)n1.Nc1ccc(C(=O)N2CCc3cc(-c4nc5ccccc5[nH]4)sc3-c3ccccc32)cc1.[2H]CF. The van der Waals surface area contributed by atoms with E-state index in [9.17, 15) is 23.6 Å². The fourth-order valence-electron chi connectivity index (χ4n) is 10.2. The lowest BCUT2D eigenvalue weighted by atomic mass is 10.1. The first kappa shape index (κ1) is 58.0. The summed E-state index contributed by atoms with van der Waals surface area (Å²) in [5.41, 5.74) is 20.5. The van der Waals surface area contributed by atoms with Gasteiger partial charge in [-0.05, 0) is 171 Å². The standard InChI is InChI=1S/C33H24ClN5O2S.C26H20N4OS.C7H5Cl2NO.CH3F/c1-19-10-15-24(30(34)35-19)32(40)36-22-13-11-20(12-14-22)33(41)39-17-16-21-18-28(31-37-25-7-3-4-8-26(25)38-31)42-29(21)23-6-2-5-9-27(23)39;27-18-11-9-16(10-12-18)26(31)30-14-13-17-15-23(25-28-20-6-2-3-7-21(20)29-25)32-24(17)19-5-1-4-8-22(19)30;1-4-2-3-5(7(9)11)6(8)10-4;1-2/h2-15,18H,16-17H2,1H3,(H,36,40)(H,37,38);1-12,15H,13-14,27H2,(H,28,29);2-3H,1H3;1H3/i;;;1D. The molecule has 0 saturated heterocycles. The average molecular weight is 1250 g/mol. The summed E-state index contributed by atoms with van der Waals surface area (Å²) < 4.78 is 15.5. The number of anilines is 4. The van der Waals surface area contributed by atoms with Crippen molar-refractivity contribution in [1.29, 1.82) is 0 Å². The van der Waals surface area contributed by atoms with Gasteiger partial charge in [0.15, 0.2) is 0 Å². The van der Waals surface area contributed by atoms with Gasteiger partial charge in [-0.15, -0.1) is 22.7 Å². The molecule has 2 aliphatic rings. The number of pyridine rings is 2. The lowest BCUT2D eigenvalue weighted by Gasteiger charge is -2.23. The Bertz CT molecular complexity index is 4520. The average Bonchev–Trinajstić information content (AvgIpc) is 1.72. The molecule has 0 unspecified atom stereocenters. The predicted octanol–water partition coefficient (Wildman–Crippen LogP) is 16.5. The molecule has 6 aromatic heterocycles. The zero-order valence-electron chi connectivity index (χ0n) is 47.6. The minimum Gasteiger partial charge on any atom is -0.399 e. The van der Waals surface area contributed by atoms with Crippen LogP contribution in [0.5, 0.6) is 0 Å². The highest BCUT2D eigenvalue weighted by atomic mass is 35.5. The maximum atomic E-state index is 13.8. The fraction of sp³-hybridized carbons (Fsp3) is 0.104. The van der Waals surface area contributed by atoms with Gasteiger partial charge in [0.05, 0.1) is 62.8 Å². The summed E-state index contributed by atoms with van der Waals surface area (Å²) in [5.74, 6) is 1.27. The molecular formula is C67H52Cl3FN10O4S2. The van der Waals surface area contributed by atoms with Gasteiger partial charge in [0, 0.05) is 67.9 Å². The Balaban J connectivity index is 0.000000153. The van der Waals surface area contributed by atoms with Crippen LogP contribution in [-0.4, -0.2) is 73.1 Å². The van der Waals surface area contributed by atoms with E-state index in [1.165, 1.54) is 16.0 Å². The molecule has 0 fully saturated rings. The molecule has 14 rings (SSSR count). The Morgan fingerprint density at radius 3 is 1.45 bits per heavy atom. The number of halogens is 4. The molecule has 5 N–H and O–H groups in total. The number of nitrogen functional groups attached to an aromatic ring is 1. The number of carbonyl (C=O) groups is 4. The molecule has 2 aliphatic heterocycles. The number of hydrogen-bond acceptors (Lipinski definition) is 11. The van der Waals surface area contributed by atoms with Crippen molar-refractivity contribution in [1.82, 2.24) is 29.9 Å². The predicted molar refractivity (Wildman–Crippen MR) is 351 cm³/mol. The monoisotopic (exact) mass is 1250 g/mol. The van der Waals surface area contributed by atoms with E-state index in [1.54, 1.807) is 102 Å². The highest BCUT2D eigenvalue weighted by Crippen LogP contribution is 2.46. The molecule has 0 atom stereocenters. The van der Waals surface area contributed by atoms with Crippen LogP contribution >= 0.6 is 57.5 Å². The second-order valence-corrected chi connectivity index (χ2v) is 23.3. The quantitative estimate of drug-likeness (QED) is 0.0682. The first-order valence-electron chi connectivity index (χ1n) is 27.9. The number of hydrogen-bond donors (Lipinski definition) is 4. The Morgan fingerprint density at radius 1 is 0.575 bits per heavy atom. The van der Waals surface area contributed by atoms with Crippen molar-refractivity contribution in [3.8, 4) is 42.3 Å². The largest absolute Gasteiger partial charge is 0.399 e. The number of para-hydroxylation sites is 6. The van der Waals surface area contributed by atoms with E-state index in [-0.39, 0.29) is 33.6 Å². The molecular weight excluding hydrogens is 1200 g/mol. The highest BCUT2D eigenvalue weighted by molar-refractivity contribution is 7.19. The summed E-state index contributed by atoms with van der Waals surface area (Å²) in [4.78, 5) is 83.2. The second kappa shape index (κ2) is 26.1. The molecule has 3 amide bonds. The fourth-order valence-corrected chi connectivity index (χ4v) is 13.3. The van der Waals surface area contributed by atoms with Crippen molar-refractivity contribution in [2.24, 2.45) is 0 Å². The molecule has 12 aromatic rings. The molecule has 14 nitrogen and oxygen atoms in total. The lowest BCUT2D eigenvalue weighted by molar-refractivity contribution is 0.0979. The van der Waals surface area contributed by atoms with Gasteiger partial charge < -0.3 is 30.8 Å². The Labute approximate surface area is 523 Å². The van der Waals surface area contributed by atoms with Gasteiger partial charge in [-0.3, -0.25) is 23.6 Å². The Morgan fingerprint density at radius 2 is 1.00 bits per heavy atom. The Hall–Kier alpha value is -9.36. The minimum atomic E-state index is -1.00. The molecule has 0 radical (unpaired) electrons. The van der Waals surface area contributed by atoms with Crippen molar-refractivity contribution < 1.29 is 24.9 Å². The first-order valence-corrected chi connectivity index (χ1v) is 30.0. The maximum absolute atomic E-state index is 13.8. The van der Waals surface area contributed by atoms with E-state index in [1.807, 2.05) is 102 Å². The van der Waals surface area contributed by atoms with Gasteiger partial charge >= 0.3 is 0 Å². The third-order valence-corrected chi connectivity index (χ3v) is 17.6. The number of fused-ring (bicyclic) bond motifs is 8. The van der Waals surface area contributed by atoms with Crippen molar-refractivity contribution in [3.63, 3.8) is 0 Å². The number of rotatable bonds is 7. The van der Waals surface area contributed by atoms with Gasteiger partial charge in [-0.2, -0.15) is 0 Å². The smallest absolute Gasteiger partial charge is 0.258 e. The number of aromatic nitrogens is 6. The van der Waals surface area contributed by atoms with Crippen molar-refractivity contribution in [2.75, 3.05) is 41.1 Å². The molecule has 434 valence electrons. The topological polar surface area (TPSA) is 196 Å². The van der Waals surface area contributed by atoms with Crippen molar-refractivity contribution >= 4 is 125 Å². The zero-order valence-corrected chi connectivity index (χ0v) is 50.5. The molecule has 20 heteroatoms. The number of imidazole rings is 2. The van der Waals surface area contributed by atoms with Crippen LogP contribution in [0.1, 0.15) is 65.3 Å². The number of nitrogens with one attached hydrogen (secondary N) is 3. The summed E-state index contributed by atoms with van der Waals surface area (Å²) in [7, 11) is -1.00. The third-order valence-electron chi connectivity index (χ3n) is 14.4. The van der Waals surface area contributed by atoms with Crippen LogP contribution in [-0.2, 0) is 12.8 Å². The van der Waals surface area contributed by atoms with Crippen LogP contribution in [0.2, 0.25) is 10.3 Å². The van der Waals surface area contributed by atoms with E-state index in [4.69, 9.17) is 51.9 Å². The summed E-state index contributed by atoms with van der Waals surface area (Å²) in [5, 5.41) is 2.56. The van der Waals surface area contributed by atoms with E-state index < -0.39 is 12.4 Å². The third kappa shape index (κ3) is 12.8. The molecule has 8 heterocycles. The maximum Gasteiger partial charge on any atom is 0.258 e. The van der Waals surface area contributed by atoms with E-state index in [2.05, 4.69) is 49.5 Å². The number of aryl methyl sites for hydroxylation is 2. The van der Waals surface area contributed by atoms with E-state index in [0.717, 1.165) is 88.7 Å². The molecule has 0 saturated carbocycles. The van der Waals surface area contributed by atoms with Crippen LogP contribution in [0.4, 0.5) is 27.1 Å². The number of H-pyrrole nitrogens is 2. The number of alkyl halides is 1. The molecule has 0 aliphatic carbocycles. The summed E-state index contributed by atoms with van der Waals surface area (Å²) >= 11 is 20.4. The van der Waals surface area contributed by atoms with Crippen LogP contribution in [0.15, 0.2) is 182 Å². The van der Waals surface area contributed by atoms with Gasteiger partial charge in [-0.1, -0.05) is 83.9 Å². The zero-order chi connectivity index (χ0) is 61.6. The molecule has 87 heavy (non-hydrogen) atoms. The molecule has 0 spiro atoms. The number of aromatic amines is 2. The number of thiophene rings is 2. The lowest BCUT2D eigenvalue weighted by Crippen LogP contribution is -2.32. The van der Waals surface area contributed by atoms with Crippen LogP contribution in [0.25, 0.3) is 64.4 Å². The number of amides is 3. The Kier molecular flexibility index (Phi) is 17.4. The molecule has 6 aromatic carbocycles. The van der Waals surface area contributed by atoms with E-state index in [0.29, 0.717) is 47.6 Å². The van der Waals surface area contributed by atoms with Gasteiger partial charge in [-0.25, -0.2) is 19.9 Å². The summed E-state index contributed by atoms with van der Waals surface area (Å²) in [6.07, 6.45) is 1.49. The van der Waals surface area contributed by atoms with Gasteiger partial charge in [0.2, 0.25) is 0 Å². The van der Waals surface area contributed by atoms with Crippen LogP contribution < -0.4 is 20.9 Å². The number of carbonyl (C=O) groups excluding carboxylic acids is 4. The minimum absolute atomic E-state index is 0.00916. The first-order chi connectivity index (χ1) is 42.6. The van der Waals surface area contributed by atoms with Crippen LogP contribution in [0.3, 0.4) is 0 Å². The van der Waals surface area contributed by atoms with Crippen molar-refractivity contribution in [3.05, 3.63) is 237 Å². The normalized spacial score (nSPS) is 12.2. The highest BCUT2D eigenvalue weighted by Gasteiger charge is 2.29. The summed E-state index contributed by atoms with van der Waals surface area (Å²) in [6, 6.07) is 57.3. The van der Waals surface area contributed by atoms with E-state index >= 15 is 0 Å². The number of nitrogens with two attached hydrogens (primary N) is 1. The van der Waals surface area contributed by atoms with Gasteiger partial charge in [0.25, 0.3) is 23.0 Å².